The first-order valence-electron chi connectivity index (χ1n) is 10.4. The first-order chi connectivity index (χ1) is 14.1. The summed E-state index contributed by atoms with van der Waals surface area (Å²) in [6.45, 7) is 4.67. The summed E-state index contributed by atoms with van der Waals surface area (Å²) in [6, 6.07) is 12.1. The standard InChI is InChI=1S/C23H27N3O2S/c1-3-26-22(28)18-12-16-9-5-6-10-17(16)13-20(18)25-23(26)29-14-21(27)24-19-11-7-4-8-15(19)2/h5-6,9-10,12-13,15,19H,3-4,7-8,11,14H2,1-2H3,(H,24,27)/t15-,19-/m0/s1. The average molecular weight is 410 g/mol. The maximum atomic E-state index is 13.0. The molecule has 6 heteroatoms. The molecule has 1 fully saturated rings. The Morgan fingerprint density at radius 2 is 1.93 bits per heavy atom. The van der Waals surface area contributed by atoms with Gasteiger partial charge in [-0.05, 0) is 48.6 Å². The number of nitrogens with one attached hydrogen (secondary N) is 1. The Morgan fingerprint density at radius 3 is 2.66 bits per heavy atom. The van der Waals surface area contributed by atoms with Crippen LogP contribution in [-0.4, -0.2) is 27.3 Å². The third-order valence-electron chi connectivity index (χ3n) is 5.89. The van der Waals surface area contributed by atoms with Gasteiger partial charge in [0.1, 0.15) is 0 Å². The maximum Gasteiger partial charge on any atom is 0.262 e. The van der Waals surface area contributed by atoms with E-state index < -0.39 is 0 Å². The number of hydrogen-bond donors (Lipinski definition) is 1. The summed E-state index contributed by atoms with van der Waals surface area (Å²) in [7, 11) is 0. The Morgan fingerprint density at radius 1 is 1.21 bits per heavy atom. The number of hydrogen-bond acceptors (Lipinski definition) is 4. The van der Waals surface area contributed by atoms with E-state index in [1.54, 1.807) is 4.57 Å². The summed E-state index contributed by atoms with van der Waals surface area (Å²) in [5, 5.41) is 6.49. The predicted octanol–water partition coefficient (Wildman–Crippen LogP) is 4.36. The summed E-state index contributed by atoms with van der Waals surface area (Å²) >= 11 is 1.34. The molecular formula is C23H27N3O2S. The minimum absolute atomic E-state index is 0.0178. The Hall–Kier alpha value is -2.34. The van der Waals surface area contributed by atoms with Crippen LogP contribution in [0.25, 0.3) is 21.7 Å². The predicted molar refractivity (Wildman–Crippen MR) is 119 cm³/mol. The van der Waals surface area contributed by atoms with Gasteiger partial charge in [-0.3, -0.25) is 14.2 Å². The van der Waals surface area contributed by atoms with Crippen LogP contribution in [-0.2, 0) is 11.3 Å². The van der Waals surface area contributed by atoms with E-state index in [2.05, 4.69) is 12.2 Å². The van der Waals surface area contributed by atoms with Crippen LogP contribution in [0, 0.1) is 5.92 Å². The molecule has 5 nitrogen and oxygen atoms in total. The highest BCUT2D eigenvalue weighted by Gasteiger charge is 2.23. The normalized spacial score (nSPS) is 19.5. The SMILES string of the molecule is CCn1c(SCC(=O)N[C@H]2CCCC[C@@H]2C)nc2cc3ccccc3cc2c1=O. The molecule has 2 aromatic carbocycles. The average Bonchev–Trinajstić information content (AvgIpc) is 2.73. The number of aromatic nitrogens is 2. The third kappa shape index (κ3) is 4.17. The number of thioether (sulfide) groups is 1. The Labute approximate surface area is 174 Å². The number of carbonyl (C=O) groups is 1. The quantitative estimate of drug-likeness (QED) is 0.386. The van der Waals surface area contributed by atoms with Gasteiger partial charge in [0.2, 0.25) is 5.91 Å². The Bertz CT molecular complexity index is 1110. The van der Waals surface area contributed by atoms with Crippen molar-refractivity contribution >= 4 is 39.3 Å². The summed E-state index contributed by atoms with van der Waals surface area (Å²) in [4.78, 5) is 30.3. The van der Waals surface area contributed by atoms with Crippen LogP contribution in [0.1, 0.15) is 39.5 Å². The van der Waals surface area contributed by atoms with Crippen LogP contribution in [0.2, 0.25) is 0 Å². The van der Waals surface area contributed by atoms with Gasteiger partial charge < -0.3 is 5.32 Å². The highest BCUT2D eigenvalue weighted by atomic mass is 32.2. The summed E-state index contributed by atoms with van der Waals surface area (Å²) in [5.74, 6) is 0.817. The molecule has 4 rings (SSSR count). The molecule has 0 radical (unpaired) electrons. The van der Waals surface area contributed by atoms with Crippen LogP contribution in [0.4, 0.5) is 0 Å². The zero-order chi connectivity index (χ0) is 20.4. The van der Waals surface area contributed by atoms with Crippen molar-refractivity contribution in [2.75, 3.05) is 5.75 Å². The van der Waals surface area contributed by atoms with E-state index in [0.29, 0.717) is 28.5 Å². The number of rotatable bonds is 5. The largest absolute Gasteiger partial charge is 0.352 e. The second-order valence-corrected chi connectivity index (χ2v) is 8.83. The van der Waals surface area contributed by atoms with Crippen molar-refractivity contribution in [3.05, 3.63) is 46.8 Å². The number of amides is 1. The second kappa shape index (κ2) is 8.57. The molecule has 0 unspecified atom stereocenters. The lowest BCUT2D eigenvalue weighted by Gasteiger charge is -2.29. The Balaban J connectivity index is 1.58. The second-order valence-electron chi connectivity index (χ2n) is 7.88. The minimum atomic E-state index is -0.0490. The lowest BCUT2D eigenvalue weighted by Crippen LogP contribution is -2.41. The molecule has 2 atom stereocenters. The summed E-state index contributed by atoms with van der Waals surface area (Å²) in [5.41, 5.74) is 0.634. The lowest BCUT2D eigenvalue weighted by atomic mass is 9.86. The van der Waals surface area contributed by atoms with Gasteiger partial charge in [-0.2, -0.15) is 0 Å². The van der Waals surface area contributed by atoms with Crippen molar-refractivity contribution in [2.24, 2.45) is 5.92 Å². The smallest absolute Gasteiger partial charge is 0.262 e. The molecule has 1 saturated carbocycles. The number of fused-ring (bicyclic) bond motifs is 2. The summed E-state index contributed by atoms with van der Waals surface area (Å²) < 4.78 is 1.66. The third-order valence-corrected chi connectivity index (χ3v) is 6.87. The van der Waals surface area contributed by atoms with E-state index >= 15 is 0 Å². The maximum absolute atomic E-state index is 13.0. The molecule has 0 saturated heterocycles. The van der Waals surface area contributed by atoms with Gasteiger partial charge in [-0.15, -0.1) is 0 Å². The van der Waals surface area contributed by atoms with E-state index in [1.165, 1.54) is 31.0 Å². The van der Waals surface area contributed by atoms with Gasteiger partial charge in [0.05, 0.1) is 16.7 Å². The topological polar surface area (TPSA) is 64.0 Å². The number of nitrogens with zero attached hydrogens (tertiary/aromatic N) is 2. The van der Waals surface area contributed by atoms with Crippen molar-refractivity contribution in [1.29, 1.82) is 0 Å². The number of carbonyl (C=O) groups excluding carboxylic acids is 1. The molecule has 3 aromatic rings. The van der Waals surface area contributed by atoms with Crippen molar-refractivity contribution < 1.29 is 4.79 Å². The Kier molecular flexibility index (Phi) is 5.90. The highest BCUT2D eigenvalue weighted by molar-refractivity contribution is 7.99. The highest BCUT2D eigenvalue weighted by Crippen LogP contribution is 2.25. The minimum Gasteiger partial charge on any atom is -0.352 e. The first-order valence-corrected chi connectivity index (χ1v) is 11.4. The van der Waals surface area contributed by atoms with Gasteiger partial charge in [-0.25, -0.2) is 4.98 Å². The van der Waals surface area contributed by atoms with Gasteiger partial charge in [0.15, 0.2) is 5.16 Å². The van der Waals surface area contributed by atoms with Crippen LogP contribution < -0.4 is 10.9 Å². The fraction of sp³-hybridized carbons (Fsp3) is 0.435. The molecule has 1 heterocycles. The molecule has 0 aliphatic heterocycles. The van der Waals surface area contributed by atoms with Gasteiger partial charge in [0, 0.05) is 12.6 Å². The zero-order valence-electron chi connectivity index (χ0n) is 17.0. The molecular weight excluding hydrogens is 382 g/mol. The summed E-state index contributed by atoms with van der Waals surface area (Å²) in [6.07, 6.45) is 4.66. The van der Waals surface area contributed by atoms with Gasteiger partial charge >= 0.3 is 0 Å². The molecule has 1 amide bonds. The van der Waals surface area contributed by atoms with E-state index in [1.807, 2.05) is 43.3 Å². The zero-order valence-corrected chi connectivity index (χ0v) is 17.8. The van der Waals surface area contributed by atoms with Crippen molar-refractivity contribution in [3.63, 3.8) is 0 Å². The molecule has 29 heavy (non-hydrogen) atoms. The molecule has 1 aromatic heterocycles. The lowest BCUT2D eigenvalue weighted by molar-refractivity contribution is -0.119. The van der Waals surface area contributed by atoms with Crippen molar-refractivity contribution in [2.45, 2.75) is 57.3 Å². The monoisotopic (exact) mass is 409 g/mol. The molecule has 0 bridgehead atoms. The van der Waals surface area contributed by atoms with E-state index in [0.717, 1.165) is 17.2 Å². The molecule has 0 spiro atoms. The molecule has 1 N–H and O–H groups in total. The van der Waals surface area contributed by atoms with Crippen LogP contribution >= 0.6 is 11.8 Å². The van der Waals surface area contributed by atoms with Crippen LogP contribution in [0.15, 0.2) is 46.3 Å². The van der Waals surface area contributed by atoms with E-state index in [4.69, 9.17) is 4.98 Å². The van der Waals surface area contributed by atoms with E-state index in [9.17, 15) is 9.59 Å². The fourth-order valence-corrected chi connectivity index (χ4v) is 5.06. The molecule has 1 aliphatic carbocycles. The molecule has 1 aliphatic rings. The number of benzene rings is 2. The van der Waals surface area contributed by atoms with Crippen molar-refractivity contribution in [1.82, 2.24) is 14.9 Å². The fourth-order valence-electron chi connectivity index (χ4n) is 4.19. The van der Waals surface area contributed by atoms with E-state index in [-0.39, 0.29) is 23.3 Å². The van der Waals surface area contributed by atoms with Gasteiger partial charge in [0.25, 0.3) is 5.56 Å². The first kappa shape index (κ1) is 20.0. The van der Waals surface area contributed by atoms with Crippen LogP contribution in [0.5, 0.6) is 0 Å². The molecule has 152 valence electrons. The van der Waals surface area contributed by atoms with Gasteiger partial charge in [-0.1, -0.05) is 55.8 Å². The van der Waals surface area contributed by atoms with Crippen molar-refractivity contribution in [3.8, 4) is 0 Å². The van der Waals surface area contributed by atoms with Crippen LogP contribution in [0.3, 0.4) is 0 Å².